The van der Waals surface area contributed by atoms with Crippen molar-refractivity contribution in [2.24, 2.45) is 0 Å². The fourth-order valence-electron chi connectivity index (χ4n) is 3.85. The summed E-state index contributed by atoms with van der Waals surface area (Å²) in [7, 11) is 0. The number of rotatable bonds is 4. The lowest BCUT2D eigenvalue weighted by molar-refractivity contribution is 0.866. The highest BCUT2D eigenvalue weighted by Crippen LogP contribution is 2.38. The van der Waals surface area contributed by atoms with E-state index in [-0.39, 0.29) is 0 Å². The van der Waals surface area contributed by atoms with Gasteiger partial charge in [-0.3, -0.25) is 0 Å². The molecule has 0 aliphatic carbocycles. The van der Waals surface area contributed by atoms with Crippen molar-refractivity contribution in [3.8, 4) is 22.5 Å². The van der Waals surface area contributed by atoms with Crippen LogP contribution in [-0.4, -0.2) is 26.3 Å². The number of hydrogen-bond acceptors (Lipinski definition) is 6. The van der Waals surface area contributed by atoms with E-state index >= 15 is 0 Å². The molecule has 1 aromatic carbocycles. The van der Waals surface area contributed by atoms with Crippen LogP contribution in [0.3, 0.4) is 0 Å². The van der Waals surface area contributed by atoms with Gasteiger partial charge in [-0.05, 0) is 48.7 Å². The lowest BCUT2D eigenvalue weighted by Crippen LogP contribution is -2.16. The fourth-order valence-corrected chi connectivity index (χ4v) is 4.45. The molecule has 4 aromatic rings. The Labute approximate surface area is 172 Å². The highest BCUT2D eigenvalue weighted by Gasteiger charge is 2.26. The SMILES string of the molecule is CCc1cc(C#N)ccc1N1CCc2c(-n3ccc(-c4nccs4)n3)ccnc21. The number of nitrogens with zero attached hydrogens (tertiary/aromatic N) is 6. The Balaban J connectivity index is 1.55. The first-order chi connectivity index (χ1) is 14.3. The summed E-state index contributed by atoms with van der Waals surface area (Å²) in [5.74, 6) is 0.966. The first kappa shape index (κ1) is 17.6. The quantitative estimate of drug-likeness (QED) is 0.505. The maximum atomic E-state index is 9.22. The lowest BCUT2D eigenvalue weighted by Gasteiger charge is -2.22. The van der Waals surface area contributed by atoms with E-state index in [1.54, 1.807) is 17.5 Å². The van der Waals surface area contributed by atoms with Gasteiger partial charge in [0.1, 0.15) is 16.5 Å². The minimum absolute atomic E-state index is 0.693. The smallest absolute Gasteiger partial charge is 0.143 e. The van der Waals surface area contributed by atoms with Crippen LogP contribution in [0, 0.1) is 11.3 Å². The number of hydrogen-bond donors (Lipinski definition) is 0. The molecule has 142 valence electrons. The molecule has 0 saturated carbocycles. The number of thiazole rings is 1. The predicted octanol–water partition coefficient (Wildman–Crippen LogP) is 4.52. The number of aryl methyl sites for hydroxylation is 1. The van der Waals surface area contributed by atoms with E-state index in [0.717, 1.165) is 52.8 Å². The summed E-state index contributed by atoms with van der Waals surface area (Å²) in [6.45, 7) is 2.98. The average Bonchev–Trinajstić information content (AvgIpc) is 3.53. The predicted molar refractivity (Wildman–Crippen MR) is 114 cm³/mol. The summed E-state index contributed by atoms with van der Waals surface area (Å²) in [5, 5.41) is 16.8. The average molecular weight is 398 g/mol. The van der Waals surface area contributed by atoms with Gasteiger partial charge in [0.05, 0.1) is 17.3 Å². The molecule has 0 bridgehead atoms. The zero-order valence-corrected chi connectivity index (χ0v) is 16.7. The molecule has 7 heteroatoms. The summed E-state index contributed by atoms with van der Waals surface area (Å²) in [5.41, 5.74) is 6.09. The van der Waals surface area contributed by atoms with Crippen molar-refractivity contribution in [2.75, 3.05) is 11.4 Å². The van der Waals surface area contributed by atoms with Gasteiger partial charge in [-0.15, -0.1) is 11.3 Å². The van der Waals surface area contributed by atoms with E-state index < -0.39 is 0 Å². The Morgan fingerprint density at radius 3 is 2.86 bits per heavy atom. The topological polar surface area (TPSA) is 70.6 Å². The highest BCUT2D eigenvalue weighted by atomic mass is 32.1. The van der Waals surface area contributed by atoms with Crippen molar-refractivity contribution >= 4 is 22.8 Å². The molecule has 0 saturated heterocycles. The zero-order chi connectivity index (χ0) is 19.8. The van der Waals surface area contributed by atoms with E-state index in [1.165, 1.54) is 5.56 Å². The third-order valence-corrected chi connectivity index (χ3v) is 6.01. The Bertz CT molecular complexity index is 1220. The fraction of sp³-hybridized carbons (Fsp3) is 0.182. The molecule has 0 radical (unpaired) electrons. The maximum absolute atomic E-state index is 9.22. The Morgan fingerprint density at radius 2 is 2.07 bits per heavy atom. The second-order valence-corrected chi connectivity index (χ2v) is 7.72. The minimum Gasteiger partial charge on any atom is -0.325 e. The van der Waals surface area contributed by atoms with Crippen LogP contribution in [-0.2, 0) is 12.8 Å². The van der Waals surface area contributed by atoms with Crippen molar-refractivity contribution in [1.82, 2.24) is 19.7 Å². The van der Waals surface area contributed by atoms with Gasteiger partial charge in [-0.1, -0.05) is 6.92 Å². The summed E-state index contributed by atoms with van der Waals surface area (Å²) < 4.78 is 1.92. The van der Waals surface area contributed by atoms with E-state index in [0.29, 0.717) is 5.56 Å². The Morgan fingerprint density at radius 1 is 1.14 bits per heavy atom. The molecule has 0 amide bonds. The van der Waals surface area contributed by atoms with Crippen molar-refractivity contribution in [1.29, 1.82) is 5.26 Å². The van der Waals surface area contributed by atoms with Gasteiger partial charge in [0.25, 0.3) is 0 Å². The third kappa shape index (κ3) is 2.98. The van der Waals surface area contributed by atoms with E-state index in [4.69, 9.17) is 5.10 Å². The molecular formula is C22H18N6S. The third-order valence-electron chi connectivity index (χ3n) is 5.22. The molecule has 29 heavy (non-hydrogen) atoms. The summed E-state index contributed by atoms with van der Waals surface area (Å²) in [4.78, 5) is 11.3. The highest BCUT2D eigenvalue weighted by molar-refractivity contribution is 7.13. The number of aromatic nitrogens is 4. The first-order valence-corrected chi connectivity index (χ1v) is 10.4. The second-order valence-electron chi connectivity index (χ2n) is 6.83. The second kappa shape index (κ2) is 7.15. The molecule has 6 nitrogen and oxygen atoms in total. The van der Waals surface area contributed by atoms with Gasteiger partial charge in [0.2, 0.25) is 0 Å². The van der Waals surface area contributed by atoms with Crippen LogP contribution in [0.2, 0.25) is 0 Å². The first-order valence-electron chi connectivity index (χ1n) is 9.53. The standard InChI is InChI=1S/C22H18N6S/c1-2-16-13-15(14-23)3-4-19(16)27-10-6-17-20(5-8-24-21(17)27)28-11-7-18(26-28)22-25-9-12-29-22/h3-5,7-9,11-13H,2,6,10H2,1H3. The van der Waals surface area contributed by atoms with Crippen molar-refractivity contribution in [2.45, 2.75) is 19.8 Å². The van der Waals surface area contributed by atoms with Crippen LogP contribution < -0.4 is 4.90 Å². The van der Waals surface area contributed by atoms with Crippen LogP contribution in [0.25, 0.3) is 16.4 Å². The van der Waals surface area contributed by atoms with Crippen LogP contribution in [0.1, 0.15) is 23.6 Å². The van der Waals surface area contributed by atoms with E-state index in [1.807, 2.05) is 52.8 Å². The van der Waals surface area contributed by atoms with Crippen LogP contribution in [0.5, 0.6) is 0 Å². The largest absolute Gasteiger partial charge is 0.325 e. The van der Waals surface area contributed by atoms with Gasteiger partial charge < -0.3 is 4.90 Å². The van der Waals surface area contributed by atoms with Crippen LogP contribution in [0.15, 0.2) is 54.3 Å². The number of fused-ring (bicyclic) bond motifs is 1. The molecule has 0 spiro atoms. The summed E-state index contributed by atoms with van der Waals surface area (Å²) in [6.07, 6.45) is 7.38. The Kier molecular flexibility index (Phi) is 4.34. The van der Waals surface area contributed by atoms with Crippen LogP contribution >= 0.6 is 11.3 Å². The van der Waals surface area contributed by atoms with Crippen molar-refractivity contribution in [3.05, 3.63) is 71.0 Å². The zero-order valence-electron chi connectivity index (χ0n) is 15.9. The molecule has 0 atom stereocenters. The van der Waals surface area contributed by atoms with E-state index in [9.17, 15) is 5.26 Å². The monoisotopic (exact) mass is 398 g/mol. The van der Waals surface area contributed by atoms with Gasteiger partial charge >= 0.3 is 0 Å². The van der Waals surface area contributed by atoms with Crippen molar-refractivity contribution < 1.29 is 0 Å². The molecule has 5 rings (SSSR count). The summed E-state index contributed by atoms with van der Waals surface area (Å²) >= 11 is 1.58. The maximum Gasteiger partial charge on any atom is 0.143 e. The summed E-state index contributed by atoms with van der Waals surface area (Å²) in [6, 6.07) is 12.1. The number of nitriles is 1. The number of anilines is 2. The van der Waals surface area contributed by atoms with Gasteiger partial charge in [0.15, 0.2) is 0 Å². The molecule has 3 aromatic heterocycles. The molecule has 0 fully saturated rings. The molecule has 0 N–H and O–H groups in total. The molecular weight excluding hydrogens is 380 g/mol. The Hall–Kier alpha value is -3.50. The lowest BCUT2D eigenvalue weighted by atomic mass is 10.1. The normalized spacial score (nSPS) is 12.8. The molecule has 1 aliphatic rings. The molecule has 0 unspecified atom stereocenters. The van der Waals surface area contributed by atoms with Crippen molar-refractivity contribution in [3.63, 3.8) is 0 Å². The molecule has 1 aliphatic heterocycles. The number of pyridine rings is 1. The van der Waals surface area contributed by atoms with Gasteiger partial charge in [0, 0.05) is 41.8 Å². The van der Waals surface area contributed by atoms with Gasteiger partial charge in [-0.2, -0.15) is 10.4 Å². The van der Waals surface area contributed by atoms with Gasteiger partial charge in [-0.25, -0.2) is 14.6 Å². The number of benzene rings is 1. The van der Waals surface area contributed by atoms with E-state index in [2.05, 4.69) is 27.9 Å². The van der Waals surface area contributed by atoms with Crippen LogP contribution in [0.4, 0.5) is 11.5 Å². The molecule has 4 heterocycles. The minimum atomic E-state index is 0.693.